The van der Waals surface area contributed by atoms with Crippen molar-refractivity contribution in [1.29, 1.82) is 0 Å². The Kier molecular flexibility index (Phi) is 4.35. The second kappa shape index (κ2) is 6.97. The molecular weight excluding hydrogens is 407 g/mol. The van der Waals surface area contributed by atoms with Gasteiger partial charge in [-0.15, -0.1) is 0 Å². The van der Waals surface area contributed by atoms with Crippen molar-refractivity contribution in [2.24, 2.45) is 0 Å². The second-order valence-electron chi connectivity index (χ2n) is 7.65. The topological polar surface area (TPSA) is 89.8 Å². The highest BCUT2D eigenvalue weighted by Gasteiger charge is 2.35. The molecule has 0 radical (unpaired) electrons. The molecule has 0 spiro atoms. The smallest absolute Gasteiger partial charge is 0.419 e. The molecule has 2 heterocycles. The van der Waals surface area contributed by atoms with Crippen LogP contribution >= 0.6 is 0 Å². The number of benzene rings is 2. The standard InChI is InChI=1S/C22H18F3N5O/c23-22(24,25)16-10-14(6-8-17(16)31)19-18-20(26)27-11-28-21(18)30(29-19)15-7-5-12-3-1-2-4-13(12)9-15/h1-4,6,8,10-11,15,31H,5,7,9H2,(H2,26,27,28). The summed E-state index contributed by atoms with van der Waals surface area (Å²) in [6.45, 7) is 0. The fourth-order valence-electron chi connectivity index (χ4n) is 4.25. The van der Waals surface area contributed by atoms with Gasteiger partial charge < -0.3 is 10.8 Å². The first-order valence-electron chi connectivity index (χ1n) is 9.79. The molecule has 5 rings (SSSR count). The average molecular weight is 425 g/mol. The molecule has 9 heteroatoms. The third-order valence-electron chi connectivity index (χ3n) is 5.76. The van der Waals surface area contributed by atoms with Crippen LogP contribution in [0.3, 0.4) is 0 Å². The summed E-state index contributed by atoms with van der Waals surface area (Å²) >= 11 is 0. The maximum atomic E-state index is 13.3. The molecule has 158 valence electrons. The molecule has 2 aromatic carbocycles. The number of nitrogens with two attached hydrogens (primary N) is 1. The molecule has 31 heavy (non-hydrogen) atoms. The quantitative estimate of drug-likeness (QED) is 0.493. The molecule has 0 bridgehead atoms. The Balaban J connectivity index is 1.67. The third kappa shape index (κ3) is 3.26. The normalized spacial score (nSPS) is 16.4. The van der Waals surface area contributed by atoms with Crippen LogP contribution < -0.4 is 5.73 Å². The number of phenols is 1. The number of nitrogens with zero attached hydrogens (tertiary/aromatic N) is 4. The maximum absolute atomic E-state index is 13.3. The van der Waals surface area contributed by atoms with Crippen LogP contribution in [0.25, 0.3) is 22.3 Å². The van der Waals surface area contributed by atoms with E-state index in [2.05, 4.69) is 27.2 Å². The van der Waals surface area contributed by atoms with Crippen LogP contribution in [0.1, 0.15) is 29.2 Å². The number of aromatic nitrogens is 4. The second-order valence-corrected chi connectivity index (χ2v) is 7.65. The minimum absolute atomic E-state index is 0.0142. The summed E-state index contributed by atoms with van der Waals surface area (Å²) in [6, 6.07) is 11.4. The van der Waals surface area contributed by atoms with Gasteiger partial charge in [0.15, 0.2) is 5.65 Å². The number of fused-ring (bicyclic) bond motifs is 2. The van der Waals surface area contributed by atoms with Gasteiger partial charge in [0.1, 0.15) is 23.6 Å². The highest BCUT2D eigenvalue weighted by Crippen LogP contribution is 2.40. The molecule has 1 aliphatic rings. The molecule has 2 aromatic heterocycles. The van der Waals surface area contributed by atoms with Gasteiger partial charge in [-0.1, -0.05) is 24.3 Å². The summed E-state index contributed by atoms with van der Waals surface area (Å²) in [6.07, 6.45) is -0.947. The van der Waals surface area contributed by atoms with Crippen molar-refractivity contribution in [3.05, 3.63) is 65.5 Å². The van der Waals surface area contributed by atoms with Crippen molar-refractivity contribution in [1.82, 2.24) is 19.7 Å². The van der Waals surface area contributed by atoms with Crippen molar-refractivity contribution < 1.29 is 18.3 Å². The Morgan fingerprint density at radius 3 is 2.61 bits per heavy atom. The van der Waals surface area contributed by atoms with E-state index in [-0.39, 0.29) is 23.1 Å². The van der Waals surface area contributed by atoms with Crippen molar-refractivity contribution in [2.75, 3.05) is 5.73 Å². The summed E-state index contributed by atoms with van der Waals surface area (Å²) in [7, 11) is 0. The minimum atomic E-state index is -4.70. The lowest BCUT2D eigenvalue weighted by atomic mass is 9.88. The van der Waals surface area contributed by atoms with Gasteiger partial charge in [-0.25, -0.2) is 14.6 Å². The summed E-state index contributed by atoms with van der Waals surface area (Å²) < 4.78 is 41.8. The highest BCUT2D eigenvalue weighted by atomic mass is 19.4. The van der Waals surface area contributed by atoms with Gasteiger partial charge in [0.25, 0.3) is 0 Å². The number of alkyl halides is 3. The number of hydrogen-bond acceptors (Lipinski definition) is 5. The Morgan fingerprint density at radius 2 is 1.84 bits per heavy atom. The first-order chi connectivity index (χ1) is 14.8. The lowest BCUT2D eigenvalue weighted by molar-refractivity contribution is -0.138. The number of hydrogen-bond donors (Lipinski definition) is 2. The van der Waals surface area contributed by atoms with Crippen LogP contribution in [0, 0.1) is 0 Å². The molecule has 0 saturated heterocycles. The predicted octanol–water partition coefficient (Wildman–Crippen LogP) is 4.53. The molecule has 1 atom stereocenters. The van der Waals surface area contributed by atoms with E-state index >= 15 is 0 Å². The fourth-order valence-corrected chi connectivity index (χ4v) is 4.25. The molecular formula is C22H18F3N5O. The highest BCUT2D eigenvalue weighted by molar-refractivity contribution is 5.98. The third-order valence-corrected chi connectivity index (χ3v) is 5.76. The summed E-state index contributed by atoms with van der Waals surface area (Å²) in [5.74, 6) is -0.697. The first kappa shape index (κ1) is 19.3. The van der Waals surface area contributed by atoms with E-state index in [0.29, 0.717) is 11.0 Å². The van der Waals surface area contributed by atoms with Crippen molar-refractivity contribution in [3.63, 3.8) is 0 Å². The zero-order valence-corrected chi connectivity index (χ0v) is 16.3. The van der Waals surface area contributed by atoms with Crippen LogP contribution in [0.5, 0.6) is 5.75 Å². The number of halogens is 3. The number of phenolic OH excluding ortho intramolecular Hbond substituents is 1. The summed E-state index contributed by atoms with van der Waals surface area (Å²) in [4.78, 5) is 8.36. The molecule has 1 aliphatic carbocycles. The SMILES string of the molecule is Nc1ncnc2c1c(-c1ccc(O)c(C(F)(F)F)c1)nn2C1CCc2ccccc2C1. The van der Waals surface area contributed by atoms with Crippen LogP contribution in [-0.4, -0.2) is 24.9 Å². The van der Waals surface area contributed by atoms with Gasteiger partial charge in [0, 0.05) is 5.56 Å². The largest absolute Gasteiger partial charge is 0.507 e. The molecule has 6 nitrogen and oxygen atoms in total. The van der Waals surface area contributed by atoms with Gasteiger partial charge >= 0.3 is 6.18 Å². The molecule has 0 amide bonds. The number of aromatic hydroxyl groups is 1. The maximum Gasteiger partial charge on any atom is 0.419 e. The van der Waals surface area contributed by atoms with Crippen molar-refractivity contribution in [2.45, 2.75) is 31.5 Å². The van der Waals surface area contributed by atoms with E-state index in [0.717, 1.165) is 31.4 Å². The van der Waals surface area contributed by atoms with E-state index in [1.165, 1.54) is 23.5 Å². The van der Waals surface area contributed by atoms with E-state index in [9.17, 15) is 18.3 Å². The van der Waals surface area contributed by atoms with Crippen LogP contribution in [0.2, 0.25) is 0 Å². The van der Waals surface area contributed by atoms with Gasteiger partial charge in [0.05, 0.1) is 17.0 Å². The molecule has 0 aliphatic heterocycles. The molecule has 0 fully saturated rings. The Hall–Kier alpha value is -3.62. The number of rotatable bonds is 2. The average Bonchev–Trinajstić information content (AvgIpc) is 3.14. The van der Waals surface area contributed by atoms with E-state index in [4.69, 9.17) is 5.73 Å². The van der Waals surface area contributed by atoms with E-state index in [1.807, 2.05) is 12.1 Å². The van der Waals surface area contributed by atoms with Gasteiger partial charge in [-0.2, -0.15) is 18.3 Å². The Morgan fingerprint density at radius 1 is 1.06 bits per heavy atom. The minimum Gasteiger partial charge on any atom is -0.507 e. The zero-order valence-electron chi connectivity index (χ0n) is 16.3. The molecule has 3 N–H and O–H groups in total. The number of anilines is 1. The Bertz CT molecular complexity index is 1300. The van der Waals surface area contributed by atoms with Gasteiger partial charge in [0.2, 0.25) is 0 Å². The van der Waals surface area contributed by atoms with E-state index in [1.54, 1.807) is 4.68 Å². The fraction of sp³-hybridized carbons (Fsp3) is 0.227. The van der Waals surface area contributed by atoms with Gasteiger partial charge in [-0.05, 0) is 48.6 Å². The molecule has 4 aromatic rings. The summed E-state index contributed by atoms with van der Waals surface area (Å²) in [5, 5.41) is 14.8. The van der Waals surface area contributed by atoms with E-state index < -0.39 is 17.5 Å². The number of nitrogen functional groups attached to an aromatic ring is 1. The molecule has 0 saturated carbocycles. The first-order valence-corrected chi connectivity index (χ1v) is 9.79. The molecule has 1 unspecified atom stereocenters. The van der Waals surface area contributed by atoms with Crippen LogP contribution in [-0.2, 0) is 19.0 Å². The lowest BCUT2D eigenvalue weighted by Gasteiger charge is -2.25. The zero-order chi connectivity index (χ0) is 21.8. The van der Waals surface area contributed by atoms with Gasteiger partial charge in [-0.3, -0.25) is 0 Å². The van der Waals surface area contributed by atoms with Crippen molar-refractivity contribution >= 4 is 16.9 Å². The van der Waals surface area contributed by atoms with Crippen LogP contribution in [0.15, 0.2) is 48.8 Å². The predicted molar refractivity (Wildman–Crippen MR) is 109 cm³/mol. The Labute approximate surface area is 175 Å². The summed E-state index contributed by atoms with van der Waals surface area (Å²) in [5.41, 5.74) is 8.40. The number of aryl methyl sites for hydroxylation is 1. The lowest BCUT2D eigenvalue weighted by Crippen LogP contribution is -2.20. The monoisotopic (exact) mass is 425 g/mol. The van der Waals surface area contributed by atoms with Crippen LogP contribution in [0.4, 0.5) is 19.0 Å². The van der Waals surface area contributed by atoms with Crippen molar-refractivity contribution in [3.8, 4) is 17.0 Å².